The minimum atomic E-state index is -0.253. The van der Waals surface area contributed by atoms with Crippen LogP contribution in [0.4, 0.5) is 0 Å². The molecular formula is C20H27NO6. The van der Waals surface area contributed by atoms with Crippen LogP contribution in [-0.4, -0.2) is 57.8 Å². The smallest absolute Gasteiger partial charge is 0.310 e. The van der Waals surface area contributed by atoms with E-state index in [1.165, 1.54) is 13.2 Å². The SMILES string of the molecule is CCOC(=O)C1CCCN(C(=O)/C=C/c2cc(OC)c(OC)c(OC)c2)C1. The van der Waals surface area contributed by atoms with E-state index in [2.05, 4.69) is 0 Å². The molecule has 0 aromatic heterocycles. The van der Waals surface area contributed by atoms with Crippen molar-refractivity contribution < 1.29 is 28.5 Å². The van der Waals surface area contributed by atoms with Crippen molar-refractivity contribution in [3.05, 3.63) is 23.8 Å². The van der Waals surface area contributed by atoms with Crippen LogP contribution >= 0.6 is 0 Å². The zero-order valence-electron chi connectivity index (χ0n) is 16.3. The van der Waals surface area contributed by atoms with Crippen LogP contribution in [0, 0.1) is 5.92 Å². The first-order chi connectivity index (χ1) is 13.0. The molecule has 1 amide bonds. The van der Waals surface area contributed by atoms with Crippen LogP contribution in [0.15, 0.2) is 18.2 Å². The number of piperidine rings is 1. The van der Waals surface area contributed by atoms with Gasteiger partial charge in [0.25, 0.3) is 0 Å². The summed E-state index contributed by atoms with van der Waals surface area (Å²) in [5.74, 6) is 0.906. The monoisotopic (exact) mass is 377 g/mol. The molecule has 7 heteroatoms. The Hall–Kier alpha value is -2.70. The lowest BCUT2D eigenvalue weighted by molar-refractivity contribution is -0.150. The van der Waals surface area contributed by atoms with Crippen LogP contribution < -0.4 is 14.2 Å². The molecule has 0 N–H and O–H groups in total. The molecule has 1 saturated heterocycles. The number of hydrogen-bond donors (Lipinski definition) is 0. The second-order valence-corrected chi connectivity index (χ2v) is 6.17. The van der Waals surface area contributed by atoms with Gasteiger partial charge in [-0.15, -0.1) is 0 Å². The van der Waals surface area contributed by atoms with Gasteiger partial charge in [-0.1, -0.05) is 0 Å². The van der Waals surface area contributed by atoms with Crippen molar-refractivity contribution in [3.63, 3.8) is 0 Å². The Morgan fingerprint density at radius 1 is 1.15 bits per heavy atom. The second kappa shape index (κ2) is 9.85. The molecule has 1 unspecified atom stereocenters. The number of methoxy groups -OCH3 is 3. The maximum Gasteiger partial charge on any atom is 0.310 e. The maximum absolute atomic E-state index is 12.5. The maximum atomic E-state index is 12.5. The first kappa shape index (κ1) is 20.6. The van der Waals surface area contributed by atoms with Gasteiger partial charge in [-0.05, 0) is 43.5 Å². The summed E-state index contributed by atoms with van der Waals surface area (Å²) < 4.78 is 21.0. The van der Waals surface area contributed by atoms with Gasteiger partial charge in [0.2, 0.25) is 11.7 Å². The molecule has 27 heavy (non-hydrogen) atoms. The van der Waals surface area contributed by atoms with Crippen molar-refractivity contribution >= 4 is 18.0 Å². The van der Waals surface area contributed by atoms with Crippen molar-refractivity contribution in [3.8, 4) is 17.2 Å². The Balaban J connectivity index is 2.10. The molecule has 1 heterocycles. The predicted molar refractivity (Wildman–Crippen MR) is 101 cm³/mol. The highest BCUT2D eigenvalue weighted by Crippen LogP contribution is 2.38. The second-order valence-electron chi connectivity index (χ2n) is 6.17. The van der Waals surface area contributed by atoms with Crippen molar-refractivity contribution in [1.29, 1.82) is 0 Å². The number of rotatable bonds is 7. The summed E-state index contributed by atoms with van der Waals surface area (Å²) in [7, 11) is 4.62. The fraction of sp³-hybridized carbons (Fsp3) is 0.500. The number of esters is 1. The number of nitrogens with zero attached hydrogens (tertiary/aromatic N) is 1. The van der Waals surface area contributed by atoms with Crippen molar-refractivity contribution in [2.24, 2.45) is 5.92 Å². The Kier molecular flexibility index (Phi) is 7.52. The Morgan fingerprint density at radius 2 is 1.81 bits per heavy atom. The number of carbonyl (C=O) groups excluding carboxylic acids is 2. The largest absolute Gasteiger partial charge is 0.493 e. The molecule has 1 aliphatic rings. The first-order valence-corrected chi connectivity index (χ1v) is 8.97. The molecule has 148 valence electrons. The van der Waals surface area contributed by atoms with E-state index in [1.54, 1.807) is 44.3 Å². The minimum Gasteiger partial charge on any atom is -0.493 e. The summed E-state index contributed by atoms with van der Waals surface area (Å²) in [5.41, 5.74) is 0.747. The van der Waals surface area contributed by atoms with Gasteiger partial charge in [0, 0.05) is 19.2 Å². The van der Waals surface area contributed by atoms with E-state index in [-0.39, 0.29) is 17.8 Å². The van der Waals surface area contributed by atoms with Gasteiger partial charge in [0.15, 0.2) is 11.5 Å². The molecule has 1 aromatic rings. The molecule has 1 aromatic carbocycles. The topological polar surface area (TPSA) is 74.3 Å². The number of hydrogen-bond acceptors (Lipinski definition) is 6. The van der Waals surface area contributed by atoms with Gasteiger partial charge in [0.1, 0.15) is 0 Å². The Morgan fingerprint density at radius 3 is 2.37 bits per heavy atom. The molecule has 0 aliphatic carbocycles. The van der Waals surface area contributed by atoms with Crippen molar-refractivity contribution in [1.82, 2.24) is 4.90 Å². The normalized spacial score (nSPS) is 16.9. The highest BCUT2D eigenvalue weighted by Gasteiger charge is 2.28. The molecule has 1 atom stereocenters. The Labute approximate surface area is 159 Å². The highest BCUT2D eigenvalue weighted by atomic mass is 16.5. The van der Waals surface area contributed by atoms with Gasteiger partial charge in [-0.2, -0.15) is 0 Å². The molecule has 0 radical (unpaired) electrons. The van der Waals surface area contributed by atoms with Crippen LogP contribution in [0.2, 0.25) is 0 Å². The lowest BCUT2D eigenvalue weighted by Crippen LogP contribution is -2.42. The number of likely N-dealkylation sites (tertiary alicyclic amines) is 1. The van der Waals surface area contributed by atoms with E-state index in [1.807, 2.05) is 0 Å². The lowest BCUT2D eigenvalue weighted by atomic mass is 9.98. The molecule has 2 rings (SSSR count). The summed E-state index contributed by atoms with van der Waals surface area (Å²) >= 11 is 0. The summed E-state index contributed by atoms with van der Waals surface area (Å²) in [6.45, 7) is 3.15. The van der Waals surface area contributed by atoms with Crippen LogP contribution in [-0.2, 0) is 14.3 Å². The average Bonchev–Trinajstić information content (AvgIpc) is 2.71. The third kappa shape index (κ3) is 5.15. The average molecular weight is 377 g/mol. The number of benzene rings is 1. The summed E-state index contributed by atoms with van der Waals surface area (Å²) in [5, 5.41) is 0. The van der Waals surface area contributed by atoms with E-state index in [0.717, 1.165) is 18.4 Å². The summed E-state index contributed by atoms with van der Waals surface area (Å²) in [6, 6.07) is 3.53. The van der Waals surface area contributed by atoms with Gasteiger partial charge in [0.05, 0.1) is 33.9 Å². The molecule has 7 nitrogen and oxygen atoms in total. The van der Waals surface area contributed by atoms with Gasteiger partial charge < -0.3 is 23.8 Å². The third-order valence-corrected chi connectivity index (χ3v) is 4.46. The van der Waals surface area contributed by atoms with Gasteiger partial charge in [-0.3, -0.25) is 9.59 Å². The Bertz CT molecular complexity index is 675. The van der Waals surface area contributed by atoms with Crippen molar-refractivity contribution in [2.75, 3.05) is 41.0 Å². The fourth-order valence-electron chi connectivity index (χ4n) is 3.10. The van der Waals surface area contributed by atoms with E-state index in [0.29, 0.717) is 36.9 Å². The quantitative estimate of drug-likeness (QED) is 0.537. The van der Waals surface area contributed by atoms with Gasteiger partial charge >= 0.3 is 5.97 Å². The number of amides is 1. The minimum absolute atomic E-state index is 0.141. The van der Waals surface area contributed by atoms with Crippen LogP contribution in [0.3, 0.4) is 0 Å². The molecule has 0 bridgehead atoms. The van der Waals surface area contributed by atoms with E-state index in [4.69, 9.17) is 18.9 Å². The number of carbonyl (C=O) groups is 2. The van der Waals surface area contributed by atoms with E-state index in [9.17, 15) is 9.59 Å². The summed E-state index contributed by atoms with van der Waals surface area (Å²) in [4.78, 5) is 26.1. The fourth-order valence-corrected chi connectivity index (χ4v) is 3.10. The summed E-state index contributed by atoms with van der Waals surface area (Å²) in [6.07, 6.45) is 4.72. The molecule has 1 fully saturated rings. The standard InChI is InChI=1S/C20H27NO6/c1-5-27-20(23)15-7-6-10-21(13-15)18(22)9-8-14-11-16(24-2)19(26-4)17(12-14)25-3/h8-9,11-12,15H,5-7,10,13H2,1-4H3/b9-8+. The first-order valence-electron chi connectivity index (χ1n) is 8.97. The van der Waals surface area contributed by atoms with Gasteiger partial charge in [-0.25, -0.2) is 0 Å². The zero-order valence-corrected chi connectivity index (χ0v) is 16.3. The molecule has 1 aliphatic heterocycles. The molecular weight excluding hydrogens is 350 g/mol. The molecule has 0 spiro atoms. The van der Waals surface area contributed by atoms with Crippen LogP contribution in [0.25, 0.3) is 6.08 Å². The van der Waals surface area contributed by atoms with E-state index >= 15 is 0 Å². The van der Waals surface area contributed by atoms with Crippen LogP contribution in [0.5, 0.6) is 17.2 Å². The zero-order chi connectivity index (χ0) is 19.8. The molecule has 0 saturated carbocycles. The lowest BCUT2D eigenvalue weighted by Gasteiger charge is -2.30. The van der Waals surface area contributed by atoms with Crippen molar-refractivity contribution in [2.45, 2.75) is 19.8 Å². The highest BCUT2D eigenvalue weighted by molar-refractivity contribution is 5.92. The number of ether oxygens (including phenoxy) is 4. The third-order valence-electron chi connectivity index (χ3n) is 4.46. The van der Waals surface area contributed by atoms with Crippen LogP contribution in [0.1, 0.15) is 25.3 Å². The van der Waals surface area contributed by atoms with E-state index < -0.39 is 0 Å². The predicted octanol–water partition coefficient (Wildman–Crippen LogP) is 2.53.